The quantitative estimate of drug-likeness (QED) is 0.845. The van der Waals surface area contributed by atoms with Crippen LogP contribution >= 0.6 is 0 Å². The van der Waals surface area contributed by atoms with Crippen molar-refractivity contribution in [1.82, 2.24) is 19.8 Å². The van der Waals surface area contributed by atoms with E-state index < -0.39 is 0 Å². The molecule has 19 heavy (non-hydrogen) atoms. The van der Waals surface area contributed by atoms with Crippen LogP contribution in [0.25, 0.3) is 0 Å². The van der Waals surface area contributed by atoms with Gasteiger partial charge in [-0.3, -0.25) is 4.79 Å². The Morgan fingerprint density at radius 3 is 3.05 bits per heavy atom. The molecule has 6 heteroatoms. The highest BCUT2D eigenvalue weighted by Crippen LogP contribution is 2.18. The van der Waals surface area contributed by atoms with E-state index in [1.165, 1.54) is 0 Å². The van der Waals surface area contributed by atoms with E-state index in [0.29, 0.717) is 13.2 Å². The van der Waals surface area contributed by atoms with Gasteiger partial charge >= 0.3 is 0 Å². The van der Waals surface area contributed by atoms with E-state index in [4.69, 9.17) is 4.74 Å². The van der Waals surface area contributed by atoms with Crippen molar-refractivity contribution < 1.29 is 9.53 Å². The molecule has 3 heterocycles. The maximum Gasteiger partial charge on any atom is 0.242 e. The lowest BCUT2D eigenvalue weighted by Gasteiger charge is -2.25. The molecule has 0 radical (unpaired) electrons. The molecule has 0 bridgehead atoms. The molecule has 3 rings (SSSR count). The first-order valence-electron chi connectivity index (χ1n) is 6.95. The average Bonchev–Trinajstić information content (AvgIpc) is 3.11. The van der Waals surface area contributed by atoms with Gasteiger partial charge in [-0.2, -0.15) is 0 Å². The van der Waals surface area contributed by atoms with Gasteiger partial charge in [0.2, 0.25) is 5.91 Å². The van der Waals surface area contributed by atoms with E-state index in [1.54, 1.807) is 12.5 Å². The van der Waals surface area contributed by atoms with Crippen LogP contribution in [0.1, 0.15) is 24.6 Å². The highest BCUT2D eigenvalue weighted by molar-refractivity contribution is 5.76. The Morgan fingerprint density at radius 1 is 1.47 bits per heavy atom. The van der Waals surface area contributed by atoms with Crippen LogP contribution in [0.3, 0.4) is 0 Å². The summed E-state index contributed by atoms with van der Waals surface area (Å²) in [6.07, 6.45) is 5.77. The predicted molar refractivity (Wildman–Crippen MR) is 69.6 cm³/mol. The first-order chi connectivity index (χ1) is 9.34. The Balaban J connectivity index is 1.67. The first-order valence-corrected chi connectivity index (χ1v) is 6.95. The third-order valence-electron chi connectivity index (χ3n) is 3.77. The maximum atomic E-state index is 12.2. The van der Waals surface area contributed by atoms with Gasteiger partial charge in [0, 0.05) is 26.2 Å². The lowest BCUT2D eigenvalue weighted by atomic mass is 10.2. The topological polar surface area (TPSA) is 59.4 Å². The molecule has 0 aliphatic carbocycles. The molecule has 2 saturated heterocycles. The van der Waals surface area contributed by atoms with E-state index in [0.717, 1.165) is 44.7 Å². The number of ether oxygens (including phenoxy) is 1. The lowest BCUT2D eigenvalue weighted by molar-refractivity contribution is -0.130. The highest BCUT2D eigenvalue weighted by Gasteiger charge is 2.23. The van der Waals surface area contributed by atoms with Crippen molar-refractivity contribution in [2.45, 2.75) is 25.5 Å². The number of nitrogens with zero attached hydrogens (tertiary/aromatic N) is 3. The van der Waals surface area contributed by atoms with Gasteiger partial charge < -0.3 is 19.5 Å². The zero-order valence-corrected chi connectivity index (χ0v) is 11.0. The highest BCUT2D eigenvalue weighted by atomic mass is 16.5. The fourth-order valence-corrected chi connectivity index (χ4v) is 2.70. The van der Waals surface area contributed by atoms with Gasteiger partial charge in [-0.25, -0.2) is 4.98 Å². The minimum atomic E-state index is 0.00243. The van der Waals surface area contributed by atoms with Crippen molar-refractivity contribution >= 4 is 5.91 Å². The fourth-order valence-electron chi connectivity index (χ4n) is 2.70. The van der Waals surface area contributed by atoms with Crippen LogP contribution in [0.5, 0.6) is 0 Å². The summed E-state index contributed by atoms with van der Waals surface area (Å²) in [5.74, 6) is 0.181. The Morgan fingerprint density at radius 2 is 2.32 bits per heavy atom. The standard InChI is InChI=1S/C13H20N4O2/c18-13(16-4-1-2-5-16)9-17-10-15-7-11(17)12-8-14-3-6-19-12/h7,10,12,14H,1-6,8-9H2. The Labute approximate surface area is 112 Å². The Bertz CT molecular complexity index is 434. The van der Waals surface area contributed by atoms with Crippen molar-refractivity contribution in [3.63, 3.8) is 0 Å². The largest absolute Gasteiger partial charge is 0.369 e. The summed E-state index contributed by atoms with van der Waals surface area (Å²) in [7, 11) is 0. The van der Waals surface area contributed by atoms with Crippen molar-refractivity contribution in [2.24, 2.45) is 0 Å². The number of imidazole rings is 1. The molecule has 2 aliphatic heterocycles. The summed E-state index contributed by atoms with van der Waals surface area (Å²) < 4.78 is 7.64. The summed E-state index contributed by atoms with van der Waals surface area (Å²) in [6.45, 7) is 4.53. The zero-order chi connectivity index (χ0) is 13.1. The summed E-state index contributed by atoms with van der Waals surface area (Å²) in [5.41, 5.74) is 0.986. The summed E-state index contributed by atoms with van der Waals surface area (Å²) >= 11 is 0. The molecule has 1 aromatic rings. The van der Waals surface area contributed by atoms with Crippen molar-refractivity contribution in [2.75, 3.05) is 32.8 Å². The Kier molecular flexibility index (Phi) is 3.79. The smallest absolute Gasteiger partial charge is 0.242 e. The zero-order valence-electron chi connectivity index (χ0n) is 11.0. The number of likely N-dealkylation sites (tertiary alicyclic amines) is 1. The summed E-state index contributed by atoms with van der Waals surface area (Å²) in [4.78, 5) is 18.3. The van der Waals surface area contributed by atoms with Crippen molar-refractivity contribution in [3.05, 3.63) is 18.2 Å². The van der Waals surface area contributed by atoms with Crippen molar-refractivity contribution in [1.29, 1.82) is 0 Å². The minimum absolute atomic E-state index is 0.00243. The molecule has 0 aromatic carbocycles. The number of hydrogen-bond donors (Lipinski definition) is 1. The van der Waals surface area contributed by atoms with Crippen LogP contribution in [0.2, 0.25) is 0 Å². The monoisotopic (exact) mass is 264 g/mol. The second-order valence-electron chi connectivity index (χ2n) is 5.10. The van der Waals surface area contributed by atoms with Gasteiger partial charge in [0.15, 0.2) is 0 Å². The third kappa shape index (κ3) is 2.79. The van der Waals surface area contributed by atoms with E-state index in [1.807, 2.05) is 9.47 Å². The molecule has 1 unspecified atom stereocenters. The molecular formula is C13H20N4O2. The number of carbonyl (C=O) groups excluding carboxylic acids is 1. The van der Waals surface area contributed by atoms with E-state index >= 15 is 0 Å². The molecule has 104 valence electrons. The second-order valence-corrected chi connectivity index (χ2v) is 5.10. The van der Waals surface area contributed by atoms with Crippen LogP contribution in [-0.2, 0) is 16.1 Å². The molecule has 1 atom stereocenters. The number of nitrogens with one attached hydrogen (secondary N) is 1. The van der Waals surface area contributed by atoms with Gasteiger partial charge in [0.1, 0.15) is 12.6 Å². The second kappa shape index (κ2) is 5.71. The SMILES string of the molecule is O=C(Cn1cncc1C1CNCCO1)N1CCCC1. The van der Waals surface area contributed by atoms with Gasteiger partial charge in [-0.05, 0) is 12.8 Å². The molecule has 2 fully saturated rings. The number of rotatable bonds is 3. The molecular weight excluding hydrogens is 244 g/mol. The van der Waals surface area contributed by atoms with Crippen LogP contribution in [0.4, 0.5) is 0 Å². The number of hydrogen-bond acceptors (Lipinski definition) is 4. The van der Waals surface area contributed by atoms with Crippen LogP contribution in [-0.4, -0.2) is 53.1 Å². The van der Waals surface area contributed by atoms with Gasteiger partial charge in [-0.1, -0.05) is 0 Å². The lowest BCUT2D eigenvalue weighted by Crippen LogP contribution is -2.35. The molecule has 1 amide bonds. The fraction of sp³-hybridized carbons (Fsp3) is 0.692. The van der Waals surface area contributed by atoms with Gasteiger partial charge in [-0.15, -0.1) is 0 Å². The normalized spacial score (nSPS) is 23.8. The van der Waals surface area contributed by atoms with Crippen LogP contribution < -0.4 is 5.32 Å². The number of morpholine rings is 1. The number of amides is 1. The Hall–Kier alpha value is -1.40. The molecule has 0 saturated carbocycles. The summed E-state index contributed by atoms with van der Waals surface area (Å²) in [6, 6.07) is 0. The average molecular weight is 264 g/mol. The molecule has 1 N–H and O–H groups in total. The number of aromatic nitrogens is 2. The molecule has 6 nitrogen and oxygen atoms in total. The summed E-state index contributed by atoms with van der Waals surface area (Å²) in [5, 5.41) is 3.30. The van der Waals surface area contributed by atoms with E-state index in [9.17, 15) is 4.79 Å². The molecule has 0 spiro atoms. The third-order valence-corrected chi connectivity index (χ3v) is 3.77. The minimum Gasteiger partial charge on any atom is -0.369 e. The maximum absolute atomic E-state index is 12.2. The predicted octanol–water partition coefficient (Wildman–Crippen LogP) is 0.166. The van der Waals surface area contributed by atoms with Gasteiger partial charge in [0.25, 0.3) is 0 Å². The van der Waals surface area contributed by atoms with Gasteiger partial charge in [0.05, 0.1) is 24.8 Å². The van der Waals surface area contributed by atoms with Crippen LogP contribution in [0, 0.1) is 0 Å². The molecule has 2 aliphatic rings. The first kappa shape index (κ1) is 12.6. The van der Waals surface area contributed by atoms with Crippen molar-refractivity contribution in [3.8, 4) is 0 Å². The molecule has 1 aromatic heterocycles. The van der Waals surface area contributed by atoms with E-state index in [2.05, 4.69) is 10.3 Å². The van der Waals surface area contributed by atoms with Crippen LogP contribution in [0.15, 0.2) is 12.5 Å². The van der Waals surface area contributed by atoms with E-state index in [-0.39, 0.29) is 12.0 Å². The number of carbonyl (C=O) groups is 1.